The van der Waals surface area contributed by atoms with Gasteiger partial charge in [-0.2, -0.15) is 0 Å². The fourth-order valence-corrected chi connectivity index (χ4v) is 4.49. The van der Waals surface area contributed by atoms with E-state index in [1.165, 1.54) is 0 Å². The monoisotopic (exact) mass is 530 g/mol. The number of unbranched alkanes of at least 4 members (excludes halogenated alkanes) is 1. The molecule has 2 aliphatic rings. The molecular weight excluding hydrogens is 500 g/mol. The number of carbonyl (C=O) groups is 2. The lowest BCUT2D eigenvalue weighted by Crippen LogP contribution is -2.42. The summed E-state index contributed by atoms with van der Waals surface area (Å²) >= 11 is 0. The molecule has 8 heteroatoms. The van der Waals surface area contributed by atoms with E-state index < -0.39 is 42.5 Å². The van der Waals surface area contributed by atoms with Gasteiger partial charge >= 0.3 is 17.9 Å². The van der Waals surface area contributed by atoms with Crippen molar-refractivity contribution in [2.45, 2.75) is 43.4 Å². The van der Waals surface area contributed by atoms with E-state index in [9.17, 15) is 9.59 Å². The lowest BCUT2D eigenvalue weighted by atomic mass is 10.1. The molecule has 202 valence electrons. The highest BCUT2D eigenvalue weighted by atomic mass is 16.9. The third-order valence-electron chi connectivity index (χ3n) is 6.44. The molecule has 0 aromatic heterocycles. The number of esters is 2. The Bertz CT molecular complexity index is 1250. The SMILES string of the molecule is C=CCCCOC1(c2ccccc2)O[C@@H]2O[C@H](COC(=O)c3ccccc3)[C@@H](OC(=O)c3ccccc3)[C@@H]2O1. The van der Waals surface area contributed by atoms with Crippen molar-refractivity contribution in [3.63, 3.8) is 0 Å². The molecule has 3 aromatic rings. The fraction of sp³-hybridized carbons (Fsp3) is 0.290. The van der Waals surface area contributed by atoms with Crippen LogP contribution < -0.4 is 0 Å². The molecule has 2 saturated heterocycles. The van der Waals surface area contributed by atoms with Crippen molar-refractivity contribution >= 4 is 11.9 Å². The van der Waals surface area contributed by atoms with E-state index in [2.05, 4.69) is 6.58 Å². The molecule has 1 unspecified atom stereocenters. The number of hydrogen-bond donors (Lipinski definition) is 0. The highest BCUT2D eigenvalue weighted by Gasteiger charge is 2.61. The maximum atomic E-state index is 13.0. The smallest absolute Gasteiger partial charge is 0.338 e. The summed E-state index contributed by atoms with van der Waals surface area (Å²) in [5.41, 5.74) is 1.41. The third-order valence-corrected chi connectivity index (χ3v) is 6.44. The van der Waals surface area contributed by atoms with Crippen LogP contribution in [-0.2, 0) is 34.4 Å². The standard InChI is InChI=1S/C31H30O8/c1-2-3-13-20-35-31(24-18-11-6-12-19-24)38-27-26(37-29(33)23-16-9-5-10-17-23)25(36-30(27)39-31)21-34-28(32)22-14-7-4-8-15-22/h2,4-12,14-19,25-27,30H,1,3,13,20-21H2/t25-,26-,27+,30+,31?/m1/s1. The number of ether oxygens (including phenoxy) is 6. The minimum Gasteiger partial charge on any atom is -0.459 e. The van der Waals surface area contributed by atoms with E-state index in [-0.39, 0.29) is 6.61 Å². The highest BCUT2D eigenvalue weighted by molar-refractivity contribution is 5.90. The molecule has 0 aliphatic carbocycles. The van der Waals surface area contributed by atoms with Gasteiger partial charge in [-0.05, 0) is 37.1 Å². The molecule has 5 rings (SSSR count). The Balaban J connectivity index is 1.36. The Morgan fingerprint density at radius 2 is 1.46 bits per heavy atom. The number of fused-ring (bicyclic) bond motifs is 1. The molecule has 0 amide bonds. The lowest BCUT2D eigenvalue weighted by molar-refractivity contribution is -0.376. The fourth-order valence-electron chi connectivity index (χ4n) is 4.49. The zero-order valence-electron chi connectivity index (χ0n) is 21.3. The molecule has 5 atom stereocenters. The van der Waals surface area contributed by atoms with E-state index >= 15 is 0 Å². The van der Waals surface area contributed by atoms with Gasteiger partial charge in [0.05, 0.1) is 17.7 Å². The lowest BCUT2D eigenvalue weighted by Gasteiger charge is -2.31. The van der Waals surface area contributed by atoms with E-state index in [0.717, 1.165) is 6.42 Å². The highest BCUT2D eigenvalue weighted by Crippen LogP contribution is 2.45. The summed E-state index contributed by atoms with van der Waals surface area (Å²) in [4.78, 5) is 25.6. The van der Waals surface area contributed by atoms with E-state index in [1.807, 2.05) is 48.5 Å². The molecule has 0 saturated carbocycles. The van der Waals surface area contributed by atoms with Crippen molar-refractivity contribution in [1.82, 2.24) is 0 Å². The minimum atomic E-state index is -1.55. The van der Waals surface area contributed by atoms with Crippen molar-refractivity contribution in [1.29, 1.82) is 0 Å². The first-order chi connectivity index (χ1) is 19.1. The van der Waals surface area contributed by atoms with E-state index in [4.69, 9.17) is 28.4 Å². The second kappa shape index (κ2) is 12.4. The molecule has 2 fully saturated rings. The quantitative estimate of drug-likeness (QED) is 0.194. The first kappa shape index (κ1) is 26.8. The topological polar surface area (TPSA) is 89.5 Å². The van der Waals surface area contributed by atoms with Crippen LogP contribution in [0.5, 0.6) is 0 Å². The molecule has 39 heavy (non-hydrogen) atoms. The van der Waals surface area contributed by atoms with Crippen LogP contribution in [0.3, 0.4) is 0 Å². The Hall–Kier alpha value is -3.82. The van der Waals surface area contributed by atoms with Gasteiger partial charge in [-0.3, -0.25) is 4.74 Å². The van der Waals surface area contributed by atoms with Crippen molar-refractivity contribution in [3.05, 3.63) is 120 Å². The molecular formula is C31H30O8. The van der Waals surface area contributed by atoms with Crippen LogP contribution in [0.25, 0.3) is 0 Å². The summed E-state index contributed by atoms with van der Waals surface area (Å²) in [7, 11) is 0. The average Bonchev–Trinajstić information content (AvgIpc) is 3.50. The number of rotatable bonds is 11. The molecule has 3 aromatic carbocycles. The zero-order valence-corrected chi connectivity index (χ0v) is 21.3. The molecule has 2 heterocycles. The summed E-state index contributed by atoms with van der Waals surface area (Å²) < 4.78 is 36.3. The van der Waals surface area contributed by atoms with Gasteiger partial charge in [-0.25, -0.2) is 9.59 Å². The second-order valence-electron chi connectivity index (χ2n) is 9.15. The Morgan fingerprint density at radius 1 is 0.846 bits per heavy atom. The Labute approximate surface area is 227 Å². The van der Waals surface area contributed by atoms with Crippen LogP contribution in [0.15, 0.2) is 104 Å². The normalized spacial score (nSPS) is 25.5. The minimum absolute atomic E-state index is 0.168. The predicted molar refractivity (Wildman–Crippen MR) is 140 cm³/mol. The summed E-state index contributed by atoms with van der Waals surface area (Å²) in [6, 6.07) is 26.5. The first-order valence-electron chi connectivity index (χ1n) is 12.9. The van der Waals surface area contributed by atoms with Gasteiger partial charge in [0.1, 0.15) is 12.7 Å². The van der Waals surface area contributed by atoms with Gasteiger partial charge in [0.25, 0.3) is 0 Å². The third kappa shape index (κ3) is 6.10. The van der Waals surface area contributed by atoms with Gasteiger partial charge in [-0.1, -0.05) is 72.8 Å². The van der Waals surface area contributed by atoms with Crippen molar-refractivity contribution < 1.29 is 38.0 Å². The zero-order chi connectivity index (χ0) is 27.1. The van der Waals surface area contributed by atoms with E-state index in [0.29, 0.717) is 29.7 Å². The number of hydrogen-bond acceptors (Lipinski definition) is 8. The molecule has 8 nitrogen and oxygen atoms in total. The molecule has 0 bridgehead atoms. The summed E-state index contributed by atoms with van der Waals surface area (Å²) in [5.74, 6) is -2.63. The van der Waals surface area contributed by atoms with Gasteiger partial charge in [0, 0.05) is 5.56 Å². The number of allylic oxidation sites excluding steroid dienone is 1. The summed E-state index contributed by atoms with van der Waals surface area (Å²) in [6.07, 6.45) is -0.237. The molecule has 0 radical (unpaired) electrons. The van der Waals surface area contributed by atoms with Crippen molar-refractivity contribution in [3.8, 4) is 0 Å². The Morgan fingerprint density at radius 3 is 2.10 bits per heavy atom. The second-order valence-corrected chi connectivity index (χ2v) is 9.15. The maximum Gasteiger partial charge on any atom is 0.338 e. The maximum absolute atomic E-state index is 13.0. The van der Waals surface area contributed by atoms with Crippen LogP contribution in [-0.4, -0.2) is 49.8 Å². The van der Waals surface area contributed by atoms with Crippen LogP contribution in [0, 0.1) is 0 Å². The van der Waals surface area contributed by atoms with Gasteiger partial charge < -0.3 is 23.7 Å². The Kier molecular flexibility index (Phi) is 8.48. The van der Waals surface area contributed by atoms with Gasteiger partial charge in [-0.15, -0.1) is 6.58 Å². The number of benzene rings is 3. The van der Waals surface area contributed by atoms with Gasteiger partial charge in [0.15, 0.2) is 18.5 Å². The largest absolute Gasteiger partial charge is 0.459 e. The van der Waals surface area contributed by atoms with Gasteiger partial charge in [0.2, 0.25) is 0 Å². The summed E-state index contributed by atoms with van der Waals surface area (Å²) in [6.45, 7) is 3.92. The molecule has 0 spiro atoms. The van der Waals surface area contributed by atoms with Crippen LogP contribution in [0.1, 0.15) is 39.1 Å². The van der Waals surface area contributed by atoms with Crippen molar-refractivity contribution in [2.75, 3.05) is 13.2 Å². The number of carbonyl (C=O) groups excluding carboxylic acids is 2. The van der Waals surface area contributed by atoms with Crippen LogP contribution in [0.4, 0.5) is 0 Å². The van der Waals surface area contributed by atoms with Crippen LogP contribution in [0.2, 0.25) is 0 Å². The van der Waals surface area contributed by atoms with E-state index in [1.54, 1.807) is 48.5 Å². The first-order valence-corrected chi connectivity index (χ1v) is 12.9. The molecule has 0 N–H and O–H groups in total. The average molecular weight is 531 g/mol. The molecule has 2 aliphatic heterocycles. The van der Waals surface area contributed by atoms with Crippen LogP contribution >= 0.6 is 0 Å². The van der Waals surface area contributed by atoms with Crippen molar-refractivity contribution in [2.24, 2.45) is 0 Å². The predicted octanol–water partition coefficient (Wildman–Crippen LogP) is 5.00. The summed E-state index contributed by atoms with van der Waals surface area (Å²) in [5, 5.41) is 0.